The van der Waals surface area contributed by atoms with Gasteiger partial charge in [0.05, 0.1) is 0 Å². The van der Waals surface area contributed by atoms with E-state index in [2.05, 4.69) is 0 Å². The van der Waals surface area contributed by atoms with Crippen LogP contribution in [-0.2, 0) is 6.42 Å². The van der Waals surface area contributed by atoms with Crippen LogP contribution in [0.4, 0.5) is 0 Å². The first-order valence-electron chi connectivity index (χ1n) is 6.13. The lowest BCUT2D eigenvalue weighted by Gasteiger charge is -2.16. The van der Waals surface area contributed by atoms with Crippen LogP contribution in [0.2, 0.25) is 0 Å². The van der Waals surface area contributed by atoms with E-state index in [1.54, 1.807) is 0 Å². The van der Waals surface area contributed by atoms with Crippen LogP contribution in [0.15, 0.2) is 46.4 Å². The van der Waals surface area contributed by atoms with Crippen LogP contribution in [0.3, 0.4) is 0 Å². The standard InChI is InChI=1S/C16H14O2/c1-11-6-9-14(18-11)10-13-8-7-12-4-2-3-5-15(12)16(13)17/h2-6,9-10H,7-8H2,1H3/b13-10-. The van der Waals surface area contributed by atoms with Crippen molar-refractivity contribution in [3.63, 3.8) is 0 Å². The Morgan fingerprint density at radius 2 is 1.94 bits per heavy atom. The van der Waals surface area contributed by atoms with Crippen molar-refractivity contribution in [2.24, 2.45) is 0 Å². The third-order valence-corrected chi connectivity index (χ3v) is 3.29. The van der Waals surface area contributed by atoms with Gasteiger partial charge in [0, 0.05) is 11.1 Å². The van der Waals surface area contributed by atoms with E-state index in [9.17, 15) is 4.79 Å². The van der Waals surface area contributed by atoms with Crippen LogP contribution in [0.25, 0.3) is 6.08 Å². The average molecular weight is 238 g/mol. The maximum Gasteiger partial charge on any atom is 0.189 e. The van der Waals surface area contributed by atoms with E-state index in [1.165, 1.54) is 0 Å². The number of carbonyl (C=O) groups excluding carboxylic acids is 1. The molecular formula is C16H14O2. The van der Waals surface area contributed by atoms with Gasteiger partial charge in [-0.1, -0.05) is 24.3 Å². The fourth-order valence-electron chi connectivity index (χ4n) is 2.36. The minimum absolute atomic E-state index is 0.130. The monoisotopic (exact) mass is 238 g/mol. The maximum atomic E-state index is 12.3. The highest BCUT2D eigenvalue weighted by Crippen LogP contribution is 2.26. The van der Waals surface area contributed by atoms with E-state index in [0.29, 0.717) is 0 Å². The van der Waals surface area contributed by atoms with Gasteiger partial charge < -0.3 is 4.42 Å². The summed E-state index contributed by atoms with van der Waals surface area (Å²) in [5.41, 5.74) is 2.82. The molecule has 3 rings (SSSR count). The second-order valence-electron chi connectivity index (χ2n) is 4.60. The summed E-state index contributed by atoms with van der Waals surface area (Å²) >= 11 is 0. The van der Waals surface area contributed by atoms with E-state index in [4.69, 9.17) is 4.42 Å². The van der Waals surface area contributed by atoms with Crippen molar-refractivity contribution in [3.05, 3.63) is 64.6 Å². The van der Waals surface area contributed by atoms with Gasteiger partial charge in [0.15, 0.2) is 5.78 Å². The van der Waals surface area contributed by atoms with Crippen molar-refractivity contribution in [1.29, 1.82) is 0 Å². The van der Waals surface area contributed by atoms with Gasteiger partial charge in [0.1, 0.15) is 11.5 Å². The molecule has 1 aliphatic rings. The fourth-order valence-corrected chi connectivity index (χ4v) is 2.36. The van der Waals surface area contributed by atoms with E-state index >= 15 is 0 Å². The molecule has 1 aromatic carbocycles. The summed E-state index contributed by atoms with van der Waals surface area (Å²) in [6.07, 6.45) is 3.58. The number of allylic oxidation sites excluding steroid dienone is 1. The van der Waals surface area contributed by atoms with Gasteiger partial charge in [-0.15, -0.1) is 0 Å². The number of rotatable bonds is 1. The summed E-state index contributed by atoms with van der Waals surface area (Å²) in [5.74, 6) is 1.76. The normalized spacial score (nSPS) is 16.9. The minimum Gasteiger partial charge on any atom is -0.462 e. The molecule has 1 aromatic heterocycles. The van der Waals surface area contributed by atoms with E-state index < -0.39 is 0 Å². The van der Waals surface area contributed by atoms with Crippen molar-refractivity contribution < 1.29 is 9.21 Å². The predicted octanol–water partition coefficient (Wildman–Crippen LogP) is 3.80. The number of carbonyl (C=O) groups is 1. The van der Waals surface area contributed by atoms with Crippen LogP contribution in [0, 0.1) is 6.92 Å². The molecule has 0 unspecified atom stereocenters. The third kappa shape index (κ3) is 1.90. The summed E-state index contributed by atoms with van der Waals surface area (Å²) in [6.45, 7) is 1.90. The van der Waals surface area contributed by atoms with Crippen LogP contribution in [-0.4, -0.2) is 5.78 Å². The first-order chi connectivity index (χ1) is 8.74. The molecule has 1 heterocycles. The summed E-state index contributed by atoms with van der Waals surface area (Å²) < 4.78 is 5.49. The van der Waals surface area contributed by atoms with Crippen LogP contribution < -0.4 is 0 Å². The van der Waals surface area contributed by atoms with Gasteiger partial charge >= 0.3 is 0 Å². The van der Waals surface area contributed by atoms with E-state index in [1.807, 2.05) is 49.4 Å². The largest absolute Gasteiger partial charge is 0.462 e. The number of fused-ring (bicyclic) bond motifs is 1. The van der Waals surface area contributed by atoms with E-state index in [-0.39, 0.29) is 5.78 Å². The van der Waals surface area contributed by atoms with E-state index in [0.717, 1.165) is 41.1 Å². The Morgan fingerprint density at radius 1 is 1.11 bits per heavy atom. The van der Waals surface area contributed by atoms with Gasteiger partial charge in [-0.05, 0) is 43.5 Å². The number of benzene rings is 1. The molecule has 0 aliphatic heterocycles. The molecule has 0 saturated carbocycles. The molecular weight excluding hydrogens is 224 g/mol. The van der Waals surface area contributed by atoms with Gasteiger partial charge in [0.25, 0.3) is 0 Å². The maximum absolute atomic E-state index is 12.3. The summed E-state index contributed by atoms with van der Waals surface area (Å²) in [6, 6.07) is 11.6. The molecule has 0 amide bonds. The van der Waals surface area contributed by atoms with Crippen LogP contribution in [0.1, 0.15) is 33.9 Å². The smallest absolute Gasteiger partial charge is 0.189 e. The molecule has 2 nitrogen and oxygen atoms in total. The average Bonchev–Trinajstić information content (AvgIpc) is 2.79. The predicted molar refractivity (Wildman–Crippen MR) is 70.5 cm³/mol. The number of furan rings is 1. The zero-order chi connectivity index (χ0) is 12.5. The van der Waals surface area contributed by atoms with Gasteiger partial charge in [-0.3, -0.25) is 4.79 Å². The highest BCUT2D eigenvalue weighted by molar-refractivity contribution is 6.13. The number of hydrogen-bond acceptors (Lipinski definition) is 2. The number of Topliss-reactive ketones (excluding diaryl/α,β-unsaturated/α-hetero) is 1. The molecule has 18 heavy (non-hydrogen) atoms. The molecule has 0 fully saturated rings. The van der Waals surface area contributed by atoms with Crippen molar-refractivity contribution in [1.82, 2.24) is 0 Å². The second kappa shape index (κ2) is 4.30. The molecule has 2 aromatic rings. The molecule has 90 valence electrons. The van der Waals surface area contributed by atoms with Crippen molar-refractivity contribution in [2.75, 3.05) is 0 Å². The topological polar surface area (TPSA) is 30.2 Å². The molecule has 0 atom stereocenters. The molecule has 0 bridgehead atoms. The molecule has 0 spiro atoms. The first kappa shape index (κ1) is 11.0. The van der Waals surface area contributed by atoms with Gasteiger partial charge in [0.2, 0.25) is 0 Å². The Morgan fingerprint density at radius 3 is 2.72 bits per heavy atom. The number of hydrogen-bond donors (Lipinski definition) is 0. The fraction of sp³-hybridized carbons (Fsp3) is 0.188. The Balaban J connectivity index is 1.98. The zero-order valence-corrected chi connectivity index (χ0v) is 10.3. The number of aryl methyl sites for hydroxylation is 2. The van der Waals surface area contributed by atoms with Crippen molar-refractivity contribution in [3.8, 4) is 0 Å². The Hall–Kier alpha value is -2.09. The third-order valence-electron chi connectivity index (χ3n) is 3.29. The molecule has 2 heteroatoms. The van der Waals surface area contributed by atoms with Crippen molar-refractivity contribution >= 4 is 11.9 Å². The lowest BCUT2D eigenvalue weighted by molar-refractivity contribution is 0.102. The highest BCUT2D eigenvalue weighted by atomic mass is 16.3. The number of ketones is 1. The van der Waals surface area contributed by atoms with Crippen LogP contribution in [0.5, 0.6) is 0 Å². The lowest BCUT2D eigenvalue weighted by atomic mass is 9.86. The Kier molecular flexibility index (Phi) is 2.63. The summed E-state index contributed by atoms with van der Waals surface area (Å²) in [5, 5.41) is 0. The Labute approximate surface area is 106 Å². The van der Waals surface area contributed by atoms with Gasteiger partial charge in [-0.25, -0.2) is 0 Å². The second-order valence-corrected chi connectivity index (χ2v) is 4.60. The molecule has 0 N–H and O–H groups in total. The molecule has 0 radical (unpaired) electrons. The van der Waals surface area contributed by atoms with Gasteiger partial charge in [-0.2, -0.15) is 0 Å². The minimum atomic E-state index is 0.130. The Bertz CT molecular complexity index is 632. The summed E-state index contributed by atoms with van der Waals surface area (Å²) in [7, 11) is 0. The zero-order valence-electron chi connectivity index (χ0n) is 10.3. The highest BCUT2D eigenvalue weighted by Gasteiger charge is 2.21. The van der Waals surface area contributed by atoms with Crippen molar-refractivity contribution in [2.45, 2.75) is 19.8 Å². The molecule has 1 aliphatic carbocycles. The van der Waals surface area contributed by atoms with Crippen LogP contribution >= 0.6 is 0 Å². The molecule has 0 saturated heterocycles. The first-order valence-corrected chi connectivity index (χ1v) is 6.13. The SMILES string of the molecule is Cc1ccc(/C=C2/CCc3ccccc3C2=O)o1. The summed E-state index contributed by atoms with van der Waals surface area (Å²) in [4.78, 5) is 12.3. The quantitative estimate of drug-likeness (QED) is 0.707. The lowest BCUT2D eigenvalue weighted by Crippen LogP contribution is -2.13.